The molecule has 2 rings (SSSR count). The lowest BCUT2D eigenvalue weighted by molar-refractivity contribution is -0.138. The minimum atomic E-state index is -4.12. The second-order valence-corrected chi connectivity index (χ2v) is 6.76. The van der Waals surface area contributed by atoms with Gasteiger partial charge < -0.3 is 4.74 Å². The number of carbonyl (C=O) groups excluding carboxylic acids is 1. The second-order valence-electron chi connectivity index (χ2n) is 4.49. The molecule has 0 spiro atoms. The molecule has 122 valence electrons. The lowest BCUT2D eigenvalue weighted by Gasteiger charge is -2.24. The van der Waals surface area contributed by atoms with Crippen molar-refractivity contribution in [1.29, 1.82) is 0 Å². The number of sulfonamides is 1. The van der Waals surface area contributed by atoms with Crippen LogP contribution in [-0.4, -0.2) is 28.0 Å². The third kappa shape index (κ3) is 3.80. The van der Waals surface area contributed by atoms with Crippen LogP contribution in [0.3, 0.4) is 0 Å². The summed E-state index contributed by atoms with van der Waals surface area (Å²) in [6, 6.07) is 10.5. The summed E-state index contributed by atoms with van der Waals surface area (Å²) in [5, 5.41) is 0.155. The molecule has 0 saturated heterocycles. The Morgan fingerprint density at radius 2 is 1.78 bits per heavy atom. The van der Waals surface area contributed by atoms with E-state index >= 15 is 0 Å². The molecule has 0 saturated carbocycles. The van der Waals surface area contributed by atoms with E-state index in [0.717, 1.165) is 35.7 Å². The highest BCUT2D eigenvalue weighted by Gasteiger charge is 2.28. The van der Waals surface area contributed by atoms with Gasteiger partial charge in [-0.3, -0.25) is 9.10 Å². The van der Waals surface area contributed by atoms with E-state index in [1.807, 2.05) is 0 Å². The van der Waals surface area contributed by atoms with Crippen LogP contribution in [-0.2, 0) is 19.6 Å². The molecular formula is C15H13ClFNO4S. The third-order valence-electron chi connectivity index (χ3n) is 3.02. The van der Waals surface area contributed by atoms with Crippen molar-refractivity contribution in [2.75, 3.05) is 18.0 Å². The molecule has 0 aromatic heterocycles. The van der Waals surface area contributed by atoms with Gasteiger partial charge in [-0.05, 0) is 36.4 Å². The Balaban J connectivity index is 2.54. The van der Waals surface area contributed by atoms with E-state index in [1.54, 1.807) is 12.1 Å². The summed E-state index contributed by atoms with van der Waals surface area (Å²) in [5.41, 5.74) is 0.129. The van der Waals surface area contributed by atoms with Crippen LogP contribution in [0.4, 0.5) is 10.1 Å². The summed E-state index contributed by atoms with van der Waals surface area (Å²) in [5.74, 6) is -1.32. The van der Waals surface area contributed by atoms with Gasteiger partial charge in [0.05, 0.1) is 22.7 Å². The smallest absolute Gasteiger partial charge is 0.326 e. The zero-order chi connectivity index (χ0) is 17.0. The molecule has 0 heterocycles. The van der Waals surface area contributed by atoms with Gasteiger partial charge >= 0.3 is 5.97 Å². The molecule has 0 aliphatic heterocycles. The maximum atomic E-state index is 13.0. The Morgan fingerprint density at radius 1 is 1.17 bits per heavy atom. The van der Waals surface area contributed by atoms with E-state index in [4.69, 9.17) is 11.6 Å². The van der Waals surface area contributed by atoms with E-state index in [0.29, 0.717) is 0 Å². The number of para-hydroxylation sites is 1. The van der Waals surface area contributed by atoms with Gasteiger partial charge in [0.2, 0.25) is 0 Å². The molecule has 23 heavy (non-hydrogen) atoms. The lowest BCUT2D eigenvalue weighted by Crippen LogP contribution is -2.36. The van der Waals surface area contributed by atoms with Crippen LogP contribution >= 0.6 is 11.6 Å². The number of anilines is 1. The minimum absolute atomic E-state index is 0.129. The molecule has 8 heteroatoms. The molecule has 0 radical (unpaired) electrons. The van der Waals surface area contributed by atoms with Crippen LogP contribution in [0.2, 0.25) is 5.02 Å². The van der Waals surface area contributed by atoms with E-state index < -0.39 is 28.4 Å². The summed E-state index contributed by atoms with van der Waals surface area (Å²) in [4.78, 5) is 11.4. The predicted molar refractivity (Wildman–Crippen MR) is 84.4 cm³/mol. The standard InChI is InChI=1S/C15H13ClFNO4S/c1-22-15(19)10-18(14-5-3-2-4-13(14)16)23(20,21)12-8-6-11(17)7-9-12/h2-9H,10H2,1H3. The number of rotatable bonds is 5. The van der Waals surface area contributed by atoms with Crippen LogP contribution in [0, 0.1) is 5.82 Å². The van der Waals surface area contributed by atoms with Gasteiger partial charge in [0, 0.05) is 0 Å². The van der Waals surface area contributed by atoms with E-state index in [9.17, 15) is 17.6 Å². The Kier molecular flexibility index (Phi) is 5.23. The van der Waals surface area contributed by atoms with Gasteiger partial charge in [-0.15, -0.1) is 0 Å². The molecular weight excluding hydrogens is 345 g/mol. The van der Waals surface area contributed by atoms with Gasteiger partial charge in [-0.25, -0.2) is 12.8 Å². The third-order valence-corrected chi connectivity index (χ3v) is 5.12. The van der Waals surface area contributed by atoms with Gasteiger partial charge in [-0.1, -0.05) is 23.7 Å². The fourth-order valence-electron chi connectivity index (χ4n) is 1.87. The number of ether oxygens (including phenoxy) is 1. The number of halogens is 2. The van der Waals surface area contributed by atoms with E-state index in [2.05, 4.69) is 4.74 Å². The Labute approximate surface area is 138 Å². The van der Waals surface area contributed by atoms with Crippen molar-refractivity contribution in [2.45, 2.75) is 4.90 Å². The van der Waals surface area contributed by atoms with Crippen molar-refractivity contribution < 1.29 is 22.3 Å². The number of methoxy groups -OCH3 is 1. The number of nitrogens with zero attached hydrogens (tertiary/aromatic N) is 1. The van der Waals surface area contributed by atoms with E-state index in [1.165, 1.54) is 12.1 Å². The number of benzene rings is 2. The van der Waals surface area contributed by atoms with E-state index in [-0.39, 0.29) is 15.6 Å². The van der Waals surface area contributed by atoms with Crippen LogP contribution in [0.5, 0.6) is 0 Å². The lowest BCUT2D eigenvalue weighted by atomic mass is 10.3. The normalized spacial score (nSPS) is 11.1. The molecule has 2 aromatic carbocycles. The van der Waals surface area contributed by atoms with Gasteiger partial charge in [0.25, 0.3) is 10.0 Å². The first-order valence-electron chi connectivity index (χ1n) is 6.46. The van der Waals surface area contributed by atoms with Crippen LogP contribution in [0.15, 0.2) is 53.4 Å². The van der Waals surface area contributed by atoms with Crippen LogP contribution in [0.1, 0.15) is 0 Å². The maximum absolute atomic E-state index is 13.0. The topological polar surface area (TPSA) is 63.7 Å². The van der Waals surface area contributed by atoms with Crippen molar-refractivity contribution in [3.63, 3.8) is 0 Å². The highest BCUT2D eigenvalue weighted by Crippen LogP contribution is 2.30. The first-order chi connectivity index (χ1) is 10.9. The molecule has 0 atom stereocenters. The monoisotopic (exact) mass is 357 g/mol. The zero-order valence-electron chi connectivity index (χ0n) is 12.1. The fraction of sp³-hybridized carbons (Fsp3) is 0.133. The van der Waals surface area contributed by atoms with Gasteiger partial charge in [0.15, 0.2) is 0 Å². The average Bonchev–Trinajstić information content (AvgIpc) is 2.53. The van der Waals surface area contributed by atoms with Gasteiger partial charge in [0.1, 0.15) is 12.4 Å². The molecule has 0 N–H and O–H groups in total. The maximum Gasteiger partial charge on any atom is 0.326 e. The number of hydrogen-bond acceptors (Lipinski definition) is 4. The Morgan fingerprint density at radius 3 is 2.35 bits per heavy atom. The first-order valence-corrected chi connectivity index (χ1v) is 8.27. The highest BCUT2D eigenvalue weighted by molar-refractivity contribution is 7.92. The summed E-state index contributed by atoms with van der Waals surface area (Å²) >= 11 is 6.05. The highest BCUT2D eigenvalue weighted by atomic mass is 35.5. The Hall–Kier alpha value is -2.12. The first kappa shape index (κ1) is 17.2. The fourth-order valence-corrected chi connectivity index (χ4v) is 3.59. The van der Waals surface area contributed by atoms with Crippen molar-refractivity contribution in [3.05, 3.63) is 59.4 Å². The molecule has 2 aromatic rings. The van der Waals surface area contributed by atoms with Crippen LogP contribution in [0.25, 0.3) is 0 Å². The molecule has 0 aliphatic rings. The Bertz CT molecular complexity index is 808. The van der Waals surface area contributed by atoms with Crippen molar-refractivity contribution in [1.82, 2.24) is 0 Å². The number of esters is 1. The average molecular weight is 358 g/mol. The van der Waals surface area contributed by atoms with Crippen molar-refractivity contribution in [2.24, 2.45) is 0 Å². The molecule has 0 unspecified atom stereocenters. The van der Waals surface area contributed by atoms with Gasteiger partial charge in [-0.2, -0.15) is 0 Å². The molecule has 0 bridgehead atoms. The number of hydrogen-bond donors (Lipinski definition) is 0. The quantitative estimate of drug-likeness (QED) is 0.772. The summed E-state index contributed by atoms with van der Waals surface area (Å²) in [6.07, 6.45) is 0. The predicted octanol–water partition coefficient (Wildman–Crippen LogP) is 2.85. The summed E-state index contributed by atoms with van der Waals surface area (Å²) < 4.78 is 44.0. The molecule has 0 amide bonds. The molecule has 0 aliphatic carbocycles. The largest absolute Gasteiger partial charge is 0.468 e. The summed E-state index contributed by atoms with van der Waals surface area (Å²) in [6.45, 7) is -0.556. The molecule has 0 fully saturated rings. The zero-order valence-corrected chi connectivity index (χ0v) is 13.6. The minimum Gasteiger partial charge on any atom is -0.468 e. The van der Waals surface area contributed by atoms with Crippen molar-refractivity contribution >= 4 is 33.3 Å². The van der Waals surface area contributed by atoms with Crippen molar-refractivity contribution in [3.8, 4) is 0 Å². The van der Waals surface area contributed by atoms with Crippen LogP contribution < -0.4 is 4.31 Å². The SMILES string of the molecule is COC(=O)CN(c1ccccc1Cl)S(=O)(=O)c1ccc(F)cc1. The number of carbonyl (C=O) groups is 1. The summed E-state index contributed by atoms with van der Waals surface area (Å²) in [7, 11) is -2.97. The second kappa shape index (κ2) is 6.97. The molecule has 5 nitrogen and oxygen atoms in total.